The minimum absolute atomic E-state index is 0.191. The van der Waals surface area contributed by atoms with Crippen LogP contribution in [0, 0.1) is 11.3 Å². The highest BCUT2D eigenvalue weighted by Crippen LogP contribution is 2.28. The molecule has 3 heteroatoms. The third-order valence-electron chi connectivity index (χ3n) is 4.26. The summed E-state index contributed by atoms with van der Waals surface area (Å²) < 4.78 is 0. The van der Waals surface area contributed by atoms with Crippen molar-refractivity contribution in [2.45, 2.75) is 12.5 Å². The van der Waals surface area contributed by atoms with Crippen molar-refractivity contribution in [3.8, 4) is 17.2 Å². The van der Waals surface area contributed by atoms with E-state index in [1.807, 2.05) is 6.07 Å². The fraction of sp³-hybridized carbons (Fsp3) is 0.316. The minimum Gasteiger partial charge on any atom is -0.314 e. The topological polar surface area (TPSA) is 39.1 Å². The Balaban J connectivity index is 1.89. The fourth-order valence-electron chi connectivity index (χ4n) is 3.09. The van der Waals surface area contributed by atoms with E-state index in [1.165, 1.54) is 16.7 Å². The number of nitrogens with one attached hydrogen (secondary N) is 1. The molecular weight excluding hydrogens is 270 g/mol. The zero-order valence-electron chi connectivity index (χ0n) is 12.7. The van der Waals surface area contributed by atoms with Gasteiger partial charge in [-0.1, -0.05) is 48.5 Å². The lowest BCUT2D eigenvalue weighted by atomic mass is 9.97. The molecule has 1 fully saturated rings. The number of rotatable bonds is 4. The SMILES string of the molecule is N#CC[C@H](c1cccc(-c2ccccc2)c1)N1CCNCC1. The minimum atomic E-state index is 0.191. The second-order valence-corrected chi connectivity index (χ2v) is 5.66. The van der Waals surface area contributed by atoms with Crippen molar-refractivity contribution >= 4 is 0 Å². The van der Waals surface area contributed by atoms with Crippen LogP contribution >= 0.6 is 0 Å². The summed E-state index contributed by atoms with van der Waals surface area (Å²) in [6, 6.07) is 21.6. The summed E-state index contributed by atoms with van der Waals surface area (Å²) in [5, 5.41) is 12.6. The average molecular weight is 291 g/mol. The van der Waals surface area contributed by atoms with Gasteiger partial charge in [0.05, 0.1) is 12.5 Å². The first-order valence-corrected chi connectivity index (χ1v) is 7.85. The van der Waals surface area contributed by atoms with Crippen LogP contribution < -0.4 is 5.32 Å². The molecule has 3 rings (SSSR count). The Hall–Kier alpha value is -2.15. The van der Waals surface area contributed by atoms with Crippen LogP contribution in [0.3, 0.4) is 0 Å². The number of nitriles is 1. The van der Waals surface area contributed by atoms with Crippen LogP contribution in [0.4, 0.5) is 0 Å². The molecular formula is C19H21N3. The van der Waals surface area contributed by atoms with Gasteiger partial charge in [0.1, 0.15) is 0 Å². The van der Waals surface area contributed by atoms with Crippen LogP contribution in [-0.2, 0) is 0 Å². The molecule has 1 saturated heterocycles. The molecule has 112 valence electrons. The Morgan fingerprint density at radius 2 is 1.73 bits per heavy atom. The average Bonchev–Trinajstić information content (AvgIpc) is 2.61. The van der Waals surface area contributed by atoms with Gasteiger partial charge in [-0.15, -0.1) is 0 Å². The summed E-state index contributed by atoms with van der Waals surface area (Å²) in [5.74, 6) is 0. The first-order valence-electron chi connectivity index (χ1n) is 7.85. The number of piperazine rings is 1. The van der Waals surface area contributed by atoms with E-state index >= 15 is 0 Å². The smallest absolute Gasteiger partial charge is 0.0641 e. The van der Waals surface area contributed by atoms with Crippen LogP contribution in [0.5, 0.6) is 0 Å². The van der Waals surface area contributed by atoms with Crippen LogP contribution in [0.25, 0.3) is 11.1 Å². The molecule has 0 spiro atoms. The monoisotopic (exact) mass is 291 g/mol. The number of hydrogen-bond donors (Lipinski definition) is 1. The van der Waals surface area contributed by atoms with Crippen molar-refractivity contribution < 1.29 is 0 Å². The molecule has 2 aromatic carbocycles. The largest absolute Gasteiger partial charge is 0.314 e. The summed E-state index contributed by atoms with van der Waals surface area (Å²) in [5.41, 5.74) is 3.68. The van der Waals surface area contributed by atoms with Crippen molar-refractivity contribution in [1.29, 1.82) is 5.26 Å². The fourth-order valence-corrected chi connectivity index (χ4v) is 3.09. The second kappa shape index (κ2) is 7.22. The van der Waals surface area contributed by atoms with Gasteiger partial charge < -0.3 is 5.32 Å². The van der Waals surface area contributed by atoms with E-state index < -0.39 is 0 Å². The van der Waals surface area contributed by atoms with Crippen molar-refractivity contribution in [1.82, 2.24) is 10.2 Å². The molecule has 0 amide bonds. The Morgan fingerprint density at radius 3 is 2.45 bits per heavy atom. The van der Waals surface area contributed by atoms with Crippen LogP contribution in [0.2, 0.25) is 0 Å². The first-order chi connectivity index (χ1) is 10.9. The van der Waals surface area contributed by atoms with Gasteiger partial charge in [-0.05, 0) is 22.8 Å². The standard InChI is InChI=1S/C19H21N3/c20-10-9-19(22-13-11-21-12-14-22)18-8-4-7-17(15-18)16-5-2-1-3-6-16/h1-8,15,19,21H,9,11-14H2/t19-/m1/s1. The molecule has 0 saturated carbocycles. The van der Waals surface area contributed by atoms with E-state index in [2.05, 4.69) is 64.8 Å². The Bertz CT molecular complexity index is 639. The van der Waals surface area contributed by atoms with Crippen LogP contribution in [-0.4, -0.2) is 31.1 Å². The summed E-state index contributed by atoms with van der Waals surface area (Å²) in [6.07, 6.45) is 0.540. The third kappa shape index (κ3) is 3.36. The maximum absolute atomic E-state index is 9.22. The molecule has 0 aromatic heterocycles. The maximum Gasteiger partial charge on any atom is 0.0641 e. The highest BCUT2D eigenvalue weighted by atomic mass is 15.2. The summed E-state index contributed by atoms with van der Waals surface area (Å²) in [4.78, 5) is 2.42. The summed E-state index contributed by atoms with van der Waals surface area (Å²) in [7, 11) is 0. The van der Waals surface area contributed by atoms with Gasteiger partial charge in [0, 0.05) is 32.2 Å². The van der Waals surface area contributed by atoms with Gasteiger partial charge in [0.2, 0.25) is 0 Å². The normalized spacial score (nSPS) is 16.9. The molecule has 1 heterocycles. The lowest BCUT2D eigenvalue weighted by Gasteiger charge is -2.34. The Kier molecular flexibility index (Phi) is 4.85. The van der Waals surface area contributed by atoms with E-state index in [0.29, 0.717) is 6.42 Å². The molecule has 1 atom stereocenters. The lowest BCUT2D eigenvalue weighted by Crippen LogP contribution is -2.45. The van der Waals surface area contributed by atoms with Gasteiger partial charge in [-0.2, -0.15) is 5.26 Å². The van der Waals surface area contributed by atoms with Crippen LogP contribution in [0.15, 0.2) is 54.6 Å². The molecule has 0 unspecified atom stereocenters. The van der Waals surface area contributed by atoms with Crippen molar-refractivity contribution in [3.63, 3.8) is 0 Å². The Labute approximate surface area is 132 Å². The number of nitrogens with zero attached hydrogens (tertiary/aromatic N) is 2. The number of hydrogen-bond acceptors (Lipinski definition) is 3. The second-order valence-electron chi connectivity index (χ2n) is 5.66. The lowest BCUT2D eigenvalue weighted by molar-refractivity contribution is 0.175. The number of benzene rings is 2. The molecule has 22 heavy (non-hydrogen) atoms. The van der Waals surface area contributed by atoms with Crippen molar-refractivity contribution in [2.24, 2.45) is 0 Å². The molecule has 1 N–H and O–H groups in total. The van der Waals surface area contributed by atoms with Gasteiger partial charge in [-0.3, -0.25) is 4.90 Å². The van der Waals surface area contributed by atoms with Crippen LogP contribution in [0.1, 0.15) is 18.0 Å². The summed E-state index contributed by atoms with van der Waals surface area (Å²) >= 11 is 0. The van der Waals surface area contributed by atoms with E-state index in [4.69, 9.17) is 0 Å². The first kappa shape index (κ1) is 14.8. The van der Waals surface area contributed by atoms with Gasteiger partial charge in [0.15, 0.2) is 0 Å². The molecule has 1 aliphatic rings. The maximum atomic E-state index is 9.22. The molecule has 1 aliphatic heterocycles. The predicted molar refractivity (Wildman–Crippen MR) is 89.3 cm³/mol. The highest BCUT2D eigenvalue weighted by Gasteiger charge is 2.22. The van der Waals surface area contributed by atoms with Crippen molar-refractivity contribution in [2.75, 3.05) is 26.2 Å². The molecule has 0 bridgehead atoms. The van der Waals surface area contributed by atoms with E-state index in [-0.39, 0.29) is 6.04 Å². The van der Waals surface area contributed by atoms with E-state index in [1.54, 1.807) is 0 Å². The zero-order chi connectivity index (χ0) is 15.2. The van der Waals surface area contributed by atoms with Gasteiger partial charge in [0.25, 0.3) is 0 Å². The highest BCUT2D eigenvalue weighted by molar-refractivity contribution is 5.64. The molecule has 0 radical (unpaired) electrons. The zero-order valence-corrected chi connectivity index (χ0v) is 12.7. The predicted octanol–water partition coefficient (Wildman–Crippen LogP) is 3.21. The molecule has 0 aliphatic carbocycles. The summed E-state index contributed by atoms with van der Waals surface area (Å²) in [6.45, 7) is 4.00. The quantitative estimate of drug-likeness (QED) is 0.940. The Morgan fingerprint density at radius 1 is 1.00 bits per heavy atom. The third-order valence-corrected chi connectivity index (χ3v) is 4.26. The van der Waals surface area contributed by atoms with E-state index in [0.717, 1.165) is 26.2 Å². The van der Waals surface area contributed by atoms with Crippen molar-refractivity contribution in [3.05, 3.63) is 60.2 Å². The van der Waals surface area contributed by atoms with Gasteiger partial charge >= 0.3 is 0 Å². The molecule has 2 aromatic rings. The van der Waals surface area contributed by atoms with E-state index in [9.17, 15) is 5.26 Å². The van der Waals surface area contributed by atoms with Gasteiger partial charge in [-0.25, -0.2) is 0 Å². The molecule has 3 nitrogen and oxygen atoms in total.